The number of nitrogens with zero attached hydrogens (tertiary/aromatic N) is 1. The van der Waals surface area contributed by atoms with Crippen LogP contribution in [0.4, 0.5) is 5.69 Å². The van der Waals surface area contributed by atoms with Gasteiger partial charge in [-0.1, -0.05) is 71.1 Å². The highest BCUT2D eigenvalue weighted by Crippen LogP contribution is 2.24. The van der Waals surface area contributed by atoms with Crippen LogP contribution in [-0.2, 0) is 0 Å². The summed E-state index contributed by atoms with van der Waals surface area (Å²) in [5.41, 5.74) is 1.61. The SMILES string of the molecule is CCCCCCCCCCCCOc1ccc(OC(=O)c2ccc(N=Cc3ccc(OCCCCCCO)cc3O)cc2)cc1. The number of esters is 1. The molecule has 0 amide bonds. The lowest BCUT2D eigenvalue weighted by Gasteiger charge is -2.08. The molecule has 3 aromatic carbocycles. The summed E-state index contributed by atoms with van der Waals surface area (Å²) in [6.07, 6.45) is 18.2. The summed E-state index contributed by atoms with van der Waals surface area (Å²) in [6, 6.07) is 19.0. The van der Waals surface area contributed by atoms with E-state index in [9.17, 15) is 9.90 Å². The van der Waals surface area contributed by atoms with Gasteiger partial charge in [0.15, 0.2) is 0 Å². The van der Waals surface area contributed by atoms with Crippen molar-refractivity contribution in [1.82, 2.24) is 0 Å². The summed E-state index contributed by atoms with van der Waals surface area (Å²) in [5, 5.41) is 19.2. The smallest absolute Gasteiger partial charge is 0.343 e. The van der Waals surface area contributed by atoms with Gasteiger partial charge in [0.2, 0.25) is 0 Å². The summed E-state index contributed by atoms with van der Waals surface area (Å²) in [6.45, 7) is 3.73. The number of hydrogen-bond donors (Lipinski definition) is 2. The molecule has 45 heavy (non-hydrogen) atoms. The van der Waals surface area contributed by atoms with Crippen LogP contribution in [0.2, 0.25) is 0 Å². The van der Waals surface area contributed by atoms with Crippen LogP contribution in [0.25, 0.3) is 0 Å². The van der Waals surface area contributed by atoms with Gasteiger partial charge in [-0.3, -0.25) is 4.99 Å². The predicted molar refractivity (Wildman–Crippen MR) is 182 cm³/mol. The second-order valence-corrected chi connectivity index (χ2v) is 11.4. The van der Waals surface area contributed by atoms with Gasteiger partial charge in [-0.2, -0.15) is 0 Å². The van der Waals surface area contributed by atoms with Crippen molar-refractivity contribution < 1.29 is 29.2 Å². The number of rotatable bonds is 23. The zero-order valence-electron chi connectivity index (χ0n) is 26.9. The Morgan fingerprint density at radius 2 is 1.20 bits per heavy atom. The molecule has 3 rings (SSSR count). The Labute approximate surface area is 269 Å². The molecule has 0 spiro atoms. The number of carbonyl (C=O) groups excluding carboxylic acids is 1. The van der Waals surface area contributed by atoms with Gasteiger partial charge in [0.25, 0.3) is 0 Å². The monoisotopic (exact) mass is 617 g/mol. The topological polar surface area (TPSA) is 97.6 Å². The van der Waals surface area contributed by atoms with Gasteiger partial charge in [0.05, 0.1) is 24.5 Å². The van der Waals surface area contributed by atoms with Gasteiger partial charge in [-0.05, 0) is 86.3 Å². The minimum absolute atomic E-state index is 0.0759. The Bertz CT molecular complexity index is 1260. The standard InChI is InChI=1S/C38H51NO6/c1-2-3-4-5-6-7-8-9-11-14-27-43-34-22-24-35(25-23-34)45-38(42)31-16-19-33(20-17-31)39-30-32-18-21-36(29-37(32)41)44-28-15-12-10-13-26-40/h16-25,29-30,40-41H,2-15,26-28H2,1H3. The Hall–Kier alpha value is -3.84. The summed E-state index contributed by atoms with van der Waals surface area (Å²) >= 11 is 0. The van der Waals surface area contributed by atoms with Crippen LogP contribution in [-0.4, -0.2) is 42.2 Å². The fourth-order valence-corrected chi connectivity index (χ4v) is 4.86. The van der Waals surface area contributed by atoms with Crippen molar-refractivity contribution >= 4 is 17.9 Å². The van der Waals surface area contributed by atoms with Crippen molar-refractivity contribution in [2.75, 3.05) is 19.8 Å². The lowest BCUT2D eigenvalue weighted by Crippen LogP contribution is -2.08. The van der Waals surface area contributed by atoms with Crippen LogP contribution in [0.1, 0.15) is 113 Å². The minimum Gasteiger partial charge on any atom is -0.507 e. The molecule has 0 unspecified atom stereocenters. The summed E-state index contributed by atoms with van der Waals surface area (Å²) in [5.74, 6) is 1.45. The number of aliphatic hydroxyl groups is 1. The molecule has 0 saturated carbocycles. The normalized spacial score (nSPS) is 11.2. The first-order valence-corrected chi connectivity index (χ1v) is 16.7. The molecule has 7 nitrogen and oxygen atoms in total. The third-order valence-corrected chi connectivity index (χ3v) is 7.58. The molecule has 0 bridgehead atoms. The average molecular weight is 618 g/mol. The Morgan fingerprint density at radius 3 is 1.80 bits per heavy atom. The zero-order valence-corrected chi connectivity index (χ0v) is 26.9. The van der Waals surface area contributed by atoms with Crippen LogP contribution in [0.5, 0.6) is 23.0 Å². The van der Waals surface area contributed by atoms with Crippen LogP contribution >= 0.6 is 0 Å². The van der Waals surface area contributed by atoms with Crippen LogP contribution in [0.15, 0.2) is 71.7 Å². The lowest BCUT2D eigenvalue weighted by molar-refractivity contribution is 0.0734. The maximum Gasteiger partial charge on any atom is 0.343 e. The number of ether oxygens (including phenoxy) is 3. The van der Waals surface area contributed by atoms with Gasteiger partial charge in [-0.15, -0.1) is 0 Å². The lowest BCUT2D eigenvalue weighted by atomic mass is 10.1. The van der Waals surface area contributed by atoms with Crippen molar-refractivity contribution in [2.24, 2.45) is 4.99 Å². The Kier molecular flexibility index (Phi) is 17.3. The maximum absolute atomic E-state index is 12.6. The number of aliphatic imine (C=N–C) groups is 1. The molecule has 0 aliphatic heterocycles. The Balaban J connectivity index is 1.34. The van der Waals surface area contributed by atoms with Crippen LogP contribution in [0.3, 0.4) is 0 Å². The molecule has 2 N–H and O–H groups in total. The first kappa shape index (κ1) is 35.6. The molecule has 0 aliphatic carbocycles. The molecule has 0 fully saturated rings. The second-order valence-electron chi connectivity index (χ2n) is 11.4. The molecule has 0 aliphatic rings. The molecule has 0 saturated heterocycles. The second kappa shape index (κ2) is 21.8. The molecule has 0 atom stereocenters. The number of hydrogen-bond acceptors (Lipinski definition) is 7. The maximum atomic E-state index is 12.6. The molecule has 0 aromatic heterocycles. The Morgan fingerprint density at radius 1 is 0.667 bits per heavy atom. The molecular formula is C38H51NO6. The van der Waals surface area contributed by atoms with E-state index >= 15 is 0 Å². The number of aromatic hydroxyl groups is 1. The van der Waals surface area contributed by atoms with E-state index in [0.29, 0.717) is 41.5 Å². The van der Waals surface area contributed by atoms with Crippen molar-refractivity contribution in [1.29, 1.82) is 0 Å². The fourth-order valence-electron chi connectivity index (χ4n) is 4.86. The van der Waals surface area contributed by atoms with Crippen molar-refractivity contribution in [3.8, 4) is 23.0 Å². The predicted octanol–water partition coefficient (Wildman–Crippen LogP) is 9.59. The highest BCUT2D eigenvalue weighted by Gasteiger charge is 2.09. The molecular weight excluding hydrogens is 566 g/mol. The van der Waals surface area contributed by atoms with Gasteiger partial charge in [0.1, 0.15) is 23.0 Å². The van der Waals surface area contributed by atoms with E-state index in [1.165, 1.54) is 57.8 Å². The summed E-state index contributed by atoms with van der Waals surface area (Å²) in [4.78, 5) is 17.1. The van der Waals surface area contributed by atoms with E-state index in [1.54, 1.807) is 60.8 Å². The highest BCUT2D eigenvalue weighted by molar-refractivity contribution is 5.91. The van der Waals surface area contributed by atoms with Gasteiger partial charge in [0, 0.05) is 24.5 Å². The summed E-state index contributed by atoms with van der Waals surface area (Å²) < 4.78 is 17.1. The number of aliphatic hydroxyl groups excluding tert-OH is 1. The van der Waals surface area contributed by atoms with E-state index in [2.05, 4.69) is 11.9 Å². The van der Waals surface area contributed by atoms with Crippen LogP contribution < -0.4 is 14.2 Å². The third-order valence-electron chi connectivity index (χ3n) is 7.58. The molecule has 0 radical (unpaired) electrons. The first-order chi connectivity index (χ1) is 22.1. The highest BCUT2D eigenvalue weighted by atomic mass is 16.5. The van der Waals surface area contributed by atoms with E-state index in [1.807, 2.05) is 12.1 Å². The van der Waals surface area contributed by atoms with Crippen molar-refractivity contribution in [3.05, 3.63) is 77.9 Å². The quantitative estimate of drug-likeness (QED) is 0.0476. The van der Waals surface area contributed by atoms with Crippen molar-refractivity contribution in [3.63, 3.8) is 0 Å². The number of benzene rings is 3. The average Bonchev–Trinajstić information content (AvgIpc) is 3.06. The number of phenolic OH excluding ortho intramolecular Hbond substituents is 1. The van der Waals surface area contributed by atoms with Gasteiger partial charge >= 0.3 is 5.97 Å². The summed E-state index contributed by atoms with van der Waals surface area (Å²) in [7, 11) is 0. The van der Waals surface area contributed by atoms with Gasteiger partial charge < -0.3 is 24.4 Å². The van der Waals surface area contributed by atoms with Crippen LogP contribution in [0, 0.1) is 0 Å². The fraction of sp³-hybridized carbons (Fsp3) is 0.474. The number of phenols is 1. The van der Waals surface area contributed by atoms with Crippen molar-refractivity contribution in [2.45, 2.75) is 96.8 Å². The minimum atomic E-state index is -0.453. The molecule has 7 heteroatoms. The van der Waals surface area contributed by atoms with Gasteiger partial charge in [-0.25, -0.2) is 4.79 Å². The zero-order chi connectivity index (χ0) is 32.0. The number of unbranched alkanes of at least 4 members (excludes halogenated alkanes) is 12. The molecule has 0 heterocycles. The molecule has 3 aromatic rings. The number of carbonyl (C=O) groups is 1. The third kappa shape index (κ3) is 14.7. The van der Waals surface area contributed by atoms with E-state index in [0.717, 1.165) is 37.9 Å². The van der Waals surface area contributed by atoms with E-state index < -0.39 is 5.97 Å². The largest absolute Gasteiger partial charge is 0.507 e. The first-order valence-electron chi connectivity index (χ1n) is 16.7. The van der Waals surface area contributed by atoms with E-state index in [4.69, 9.17) is 19.3 Å². The molecule has 244 valence electrons. The van der Waals surface area contributed by atoms with E-state index in [-0.39, 0.29) is 12.4 Å².